The first-order chi connectivity index (χ1) is 13.2. The fourth-order valence-electron chi connectivity index (χ4n) is 2.72. The van der Waals surface area contributed by atoms with Crippen LogP contribution in [-0.2, 0) is 4.79 Å². The molecular formula is C22H21NO4. The quantitative estimate of drug-likeness (QED) is 0.486. The van der Waals surface area contributed by atoms with Crippen LogP contribution in [-0.4, -0.2) is 19.1 Å². The summed E-state index contributed by atoms with van der Waals surface area (Å²) in [5, 5.41) is 3.20. The average Bonchev–Trinajstić information content (AvgIpc) is 2.72. The van der Waals surface area contributed by atoms with Crippen LogP contribution >= 0.6 is 0 Å². The molecule has 0 saturated carbocycles. The number of unbranched alkanes of at least 4 members (excludes halogenated alkanes) is 1. The summed E-state index contributed by atoms with van der Waals surface area (Å²) in [5.41, 5.74) is 1.13. The van der Waals surface area contributed by atoms with Gasteiger partial charge in [0.1, 0.15) is 5.58 Å². The summed E-state index contributed by atoms with van der Waals surface area (Å²) < 4.78 is 11.8. The minimum atomic E-state index is -0.197. The third-order valence-electron chi connectivity index (χ3n) is 4.09. The van der Waals surface area contributed by atoms with E-state index >= 15 is 0 Å². The number of benzene rings is 2. The van der Waals surface area contributed by atoms with E-state index in [1.807, 2.05) is 36.4 Å². The topological polar surface area (TPSA) is 68.5 Å². The molecule has 0 aliphatic heterocycles. The van der Waals surface area contributed by atoms with Gasteiger partial charge in [-0.1, -0.05) is 49.0 Å². The molecule has 0 spiro atoms. The van der Waals surface area contributed by atoms with Gasteiger partial charge in [-0.05, 0) is 31.1 Å². The number of nitrogens with one attached hydrogen (secondary N) is 1. The molecule has 1 amide bonds. The van der Waals surface area contributed by atoms with Crippen molar-refractivity contribution in [1.29, 1.82) is 0 Å². The van der Waals surface area contributed by atoms with E-state index in [0.29, 0.717) is 36.3 Å². The number of ether oxygens (including phenoxy) is 1. The Bertz CT molecular complexity index is 992. The number of amides is 1. The summed E-state index contributed by atoms with van der Waals surface area (Å²) >= 11 is 0. The van der Waals surface area contributed by atoms with Crippen molar-refractivity contribution in [3.63, 3.8) is 0 Å². The van der Waals surface area contributed by atoms with Gasteiger partial charge in [-0.25, -0.2) is 0 Å². The fraction of sp³-hybridized carbons (Fsp3) is 0.182. The standard InChI is InChI=1S/C22H21NO4/c1-2-19(24)23-14-8-9-15-26-22-20(25)17-12-6-7-13-18(17)27-21(22)16-10-4-3-5-11-16/h2-7,10-13H,1,8-9,14-15H2,(H,23,24). The second-order valence-corrected chi connectivity index (χ2v) is 6.00. The van der Waals surface area contributed by atoms with Crippen LogP contribution in [0.5, 0.6) is 5.75 Å². The molecule has 3 aromatic rings. The molecule has 1 aromatic heterocycles. The lowest BCUT2D eigenvalue weighted by Crippen LogP contribution is -2.22. The lowest BCUT2D eigenvalue weighted by atomic mass is 10.1. The van der Waals surface area contributed by atoms with Crippen LogP contribution in [0.15, 0.2) is 76.5 Å². The molecule has 0 atom stereocenters. The van der Waals surface area contributed by atoms with Crippen molar-refractivity contribution in [2.75, 3.05) is 13.2 Å². The minimum absolute atomic E-state index is 0.185. The maximum atomic E-state index is 12.9. The van der Waals surface area contributed by atoms with E-state index in [9.17, 15) is 9.59 Å². The molecule has 1 heterocycles. The Morgan fingerprint density at radius 1 is 1.07 bits per heavy atom. The first-order valence-electron chi connectivity index (χ1n) is 8.85. The van der Waals surface area contributed by atoms with Crippen molar-refractivity contribution in [3.8, 4) is 17.1 Å². The van der Waals surface area contributed by atoms with E-state index in [4.69, 9.17) is 9.15 Å². The highest BCUT2D eigenvalue weighted by Gasteiger charge is 2.17. The minimum Gasteiger partial charge on any atom is -0.486 e. The van der Waals surface area contributed by atoms with Gasteiger partial charge in [0.2, 0.25) is 17.1 Å². The Morgan fingerprint density at radius 2 is 1.81 bits per heavy atom. The van der Waals surface area contributed by atoms with Crippen LogP contribution in [0.3, 0.4) is 0 Å². The van der Waals surface area contributed by atoms with Gasteiger partial charge in [0.05, 0.1) is 12.0 Å². The zero-order chi connectivity index (χ0) is 19.1. The van der Waals surface area contributed by atoms with E-state index in [2.05, 4.69) is 11.9 Å². The van der Waals surface area contributed by atoms with E-state index in [0.717, 1.165) is 12.0 Å². The Morgan fingerprint density at radius 3 is 2.59 bits per heavy atom. The number of hydrogen-bond donors (Lipinski definition) is 1. The number of para-hydroxylation sites is 1. The van der Waals surface area contributed by atoms with Crippen LogP contribution < -0.4 is 15.5 Å². The van der Waals surface area contributed by atoms with Crippen molar-refractivity contribution in [1.82, 2.24) is 5.32 Å². The molecule has 5 heteroatoms. The van der Waals surface area contributed by atoms with E-state index in [1.54, 1.807) is 18.2 Å². The average molecular weight is 363 g/mol. The van der Waals surface area contributed by atoms with E-state index in [-0.39, 0.29) is 17.1 Å². The number of fused-ring (bicyclic) bond motifs is 1. The highest BCUT2D eigenvalue weighted by molar-refractivity contribution is 5.86. The van der Waals surface area contributed by atoms with Gasteiger partial charge in [-0.3, -0.25) is 9.59 Å². The molecule has 0 saturated heterocycles. The Balaban J connectivity index is 1.80. The predicted molar refractivity (Wildman–Crippen MR) is 106 cm³/mol. The molecule has 0 aliphatic carbocycles. The lowest BCUT2D eigenvalue weighted by molar-refractivity contribution is -0.116. The number of carbonyl (C=O) groups is 1. The maximum Gasteiger partial charge on any atom is 0.243 e. The summed E-state index contributed by atoms with van der Waals surface area (Å²) in [5.74, 6) is 0.451. The summed E-state index contributed by atoms with van der Waals surface area (Å²) in [6.45, 7) is 4.29. The largest absolute Gasteiger partial charge is 0.486 e. The second kappa shape index (κ2) is 8.85. The Kier molecular flexibility index (Phi) is 6.05. The SMILES string of the molecule is C=CC(=O)NCCCCOc1c(-c2ccccc2)oc2ccccc2c1=O. The first-order valence-corrected chi connectivity index (χ1v) is 8.85. The third kappa shape index (κ3) is 4.44. The molecule has 5 nitrogen and oxygen atoms in total. The summed E-state index contributed by atoms with van der Waals surface area (Å²) in [4.78, 5) is 24.0. The normalized spacial score (nSPS) is 10.5. The van der Waals surface area contributed by atoms with Gasteiger partial charge < -0.3 is 14.5 Å². The van der Waals surface area contributed by atoms with Crippen molar-refractivity contribution in [3.05, 3.63) is 77.5 Å². The fourth-order valence-corrected chi connectivity index (χ4v) is 2.72. The maximum absolute atomic E-state index is 12.9. The van der Waals surface area contributed by atoms with Gasteiger partial charge in [0.15, 0.2) is 5.76 Å². The molecule has 0 fully saturated rings. The number of carbonyl (C=O) groups excluding carboxylic acids is 1. The van der Waals surface area contributed by atoms with Gasteiger partial charge in [-0.2, -0.15) is 0 Å². The second-order valence-electron chi connectivity index (χ2n) is 6.00. The number of hydrogen-bond acceptors (Lipinski definition) is 4. The summed E-state index contributed by atoms with van der Waals surface area (Å²) in [6.07, 6.45) is 2.67. The molecule has 1 N–H and O–H groups in total. The van der Waals surface area contributed by atoms with Crippen LogP contribution in [0.1, 0.15) is 12.8 Å². The molecule has 138 valence electrons. The zero-order valence-corrected chi connectivity index (χ0v) is 14.9. The van der Waals surface area contributed by atoms with Crippen LogP contribution in [0.4, 0.5) is 0 Å². The predicted octanol–water partition coefficient (Wildman–Crippen LogP) is 3.92. The first kappa shape index (κ1) is 18.5. The van der Waals surface area contributed by atoms with Gasteiger partial charge in [0.25, 0.3) is 0 Å². The lowest BCUT2D eigenvalue weighted by Gasteiger charge is -2.11. The summed E-state index contributed by atoms with van der Waals surface area (Å²) in [7, 11) is 0. The molecule has 3 rings (SSSR count). The Labute approximate surface area is 157 Å². The van der Waals surface area contributed by atoms with E-state index in [1.165, 1.54) is 6.08 Å². The number of rotatable bonds is 8. The van der Waals surface area contributed by atoms with Crippen LogP contribution in [0.25, 0.3) is 22.3 Å². The Hall–Kier alpha value is -3.34. The molecule has 0 radical (unpaired) electrons. The van der Waals surface area contributed by atoms with Crippen LogP contribution in [0, 0.1) is 0 Å². The third-order valence-corrected chi connectivity index (χ3v) is 4.09. The molecule has 0 bridgehead atoms. The molecule has 27 heavy (non-hydrogen) atoms. The van der Waals surface area contributed by atoms with Gasteiger partial charge in [-0.15, -0.1) is 0 Å². The molecule has 0 aliphatic rings. The monoisotopic (exact) mass is 363 g/mol. The molecular weight excluding hydrogens is 342 g/mol. The summed E-state index contributed by atoms with van der Waals surface area (Å²) in [6, 6.07) is 16.6. The molecule has 2 aromatic carbocycles. The smallest absolute Gasteiger partial charge is 0.243 e. The van der Waals surface area contributed by atoms with Gasteiger partial charge in [0, 0.05) is 12.1 Å². The molecule has 0 unspecified atom stereocenters. The van der Waals surface area contributed by atoms with Crippen molar-refractivity contribution >= 4 is 16.9 Å². The van der Waals surface area contributed by atoms with Crippen LogP contribution in [0.2, 0.25) is 0 Å². The van der Waals surface area contributed by atoms with Crippen molar-refractivity contribution in [2.45, 2.75) is 12.8 Å². The zero-order valence-electron chi connectivity index (χ0n) is 14.9. The highest BCUT2D eigenvalue weighted by atomic mass is 16.5. The highest BCUT2D eigenvalue weighted by Crippen LogP contribution is 2.30. The van der Waals surface area contributed by atoms with E-state index < -0.39 is 0 Å². The van der Waals surface area contributed by atoms with Crippen molar-refractivity contribution in [2.24, 2.45) is 0 Å². The van der Waals surface area contributed by atoms with Crippen molar-refractivity contribution < 1.29 is 13.9 Å². The van der Waals surface area contributed by atoms with Gasteiger partial charge >= 0.3 is 0 Å².